The monoisotopic (exact) mass is 522 g/mol. The van der Waals surface area contributed by atoms with Gasteiger partial charge < -0.3 is 10.0 Å². The van der Waals surface area contributed by atoms with Gasteiger partial charge in [-0.1, -0.05) is 19.1 Å². The van der Waals surface area contributed by atoms with E-state index >= 15 is 0 Å². The molecule has 0 radical (unpaired) electrons. The first-order valence-electron chi connectivity index (χ1n) is 12.7. The molecule has 36 heavy (non-hydrogen) atoms. The molecule has 2 fully saturated rings. The topological polar surface area (TPSA) is 70.5 Å². The first-order valence-corrected chi connectivity index (χ1v) is 13.5. The molecule has 2 aromatic rings. The summed E-state index contributed by atoms with van der Waals surface area (Å²) in [5.74, 6) is 0.352. The number of carbonyl (C=O) groups excluding carboxylic acids is 2. The number of rotatable bonds is 8. The molecule has 1 amide bonds. The Kier molecular flexibility index (Phi) is 8.19. The van der Waals surface area contributed by atoms with Crippen molar-refractivity contribution >= 4 is 23.0 Å². The van der Waals surface area contributed by atoms with Crippen molar-refractivity contribution in [3.8, 4) is 0 Å². The van der Waals surface area contributed by atoms with Gasteiger partial charge in [-0.25, -0.2) is 4.98 Å². The van der Waals surface area contributed by atoms with Crippen LogP contribution in [0.4, 0.5) is 13.2 Å². The number of hydrogen-bond donors (Lipinski definition) is 1. The fourth-order valence-corrected chi connectivity index (χ4v) is 6.44. The lowest BCUT2D eigenvalue weighted by molar-refractivity contribution is -0.137. The molecule has 9 heteroatoms. The van der Waals surface area contributed by atoms with Gasteiger partial charge >= 0.3 is 6.18 Å². The van der Waals surface area contributed by atoms with Crippen LogP contribution in [0.1, 0.15) is 84.1 Å². The maximum atomic E-state index is 12.9. The Morgan fingerprint density at radius 2 is 1.92 bits per heavy atom. The number of nitrogens with zero attached hydrogens (tertiary/aromatic N) is 2. The first kappa shape index (κ1) is 26.8. The van der Waals surface area contributed by atoms with Crippen LogP contribution in [-0.4, -0.2) is 39.8 Å². The largest absolute Gasteiger partial charge is 0.416 e. The standard InChI is InChI=1S/C27H33F3N2O3S/c1-2-24-31-16-23(36-24)26(35)11-8-18(9-12-26)14-19-10-13-32(17-19)25(34)7-6-22(33)20-4-3-5-21(15-20)27(28,29)30/h3-5,15-16,18-19,35H,2,6-14,17H2,1H3. The summed E-state index contributed by atoms with van der Waals surface area (Å²) in [6, 6.07) is 4.36. The lowest BCUT2D eigenvalue weighted by Gasteiger charge is -2.36. The van der Waals surface area contributed by atoms with E-state index in [0.29, 0.717) is 24.9 Å². The number of halogens is 3. The Balaban J connectivity index is 1.21. The smallest absolute Gasteiger partial charge is 0.384 e. The Labute approximate surface area is 213 Å². The summed E-state index contributed by atoms with van der Waals surface area (Å²) >= 11 is 1.60. The SMILES string of the molecule is CCc1ncc(C2(O)CCC(CC3CCN(C(=O)CCC(=O)c4cccc(C(F)(F)F)c4)C3)CC2)s1. The lowest BCUT2D eigenvalue weighted by Crippen LogP contribution is -2.32. The Hall–Kier alpha value is -2.26. The minimum atomic E-state index is -4.51. The van der Waals surface area contributed by atoms with Gasteiger partial charge in [0.05, 0.1) is 15.4 Å². The number of benzene rings is 1. The number of hydrogen-bond acceptors (Lipinski definition) is 5. The third kappa shape index (κ3) is 6.35. The van der Waals surface area contributed by atoms with E-state index in [-0.39, 0.29) is 24.3 Å². The van der Waals surface area contributed by atoms with E-state index in [0.717, 1.165) is 67.0 Å². The Morgan fingerprint density at radius 1 is 1.17 bits per heavy atom. The van der Waals surface area contributed by atoms with Crippen LogP contribution >= 0.6 is 11.3 Å². The van der Waals surface area contributed by atoms with Crippen molar-refractivity contribution in [1.82, 2.24) is 9.88 Å². The van der Waals surface area contributed by atoms with Gasteiger partial charge in [-0.3, -0.25) is 9.59 Å². The van der Waals surface area contributed by atoms with E-state index in [4.69, 9.17) is 0 Å². The molecule has 0 bridgehead atoms. The van der Waals surface area contributed by atoms with E-state index in [9.17, 15) is 27.9 Å². The number of likely N-dealkylation sites (tertiary alicyclic amines) is 1. The molecular formula is C27H33F3N2O3S. The molecule has 1 N–H and O–H groups in total. The zero-order valence-electron chi connectivity index (χ0n) is 20.5. The predicted octanol–water partition coefficient (Wildman–Crippen LogP) is 6.00. The van der Waals surface area contributed by atoms with Gasteiger partial charge in [0.25, 0.3) is 0 Å². The van der Waals surface area contributed by atoms with Crippen LogP contribution in [0, 0.1) is 11.8 Å². The molecule has 5 nitrogen and oxygen atoms in total. The number of thiazole rings is 1. The highest BCUT2D eigenvalue weighted by Crippen LogP contribution is 2.44. The summed E-state index contributed by atoms with van der Waals surface area (Å²) in [5, 5.41) is 12.2. The molecule has 1 aromatic carbocycles. The maximum absolute atomic E-state index is 12.9. The van der Waals surface area contributed by atoms with Gasteiger partial charge in [0.2, 0.25) is 5.91 Å². The number of carbonyl (C=O) groups is 2. The number of ketones is 1. The van der Waals surface area contributed by atoms with Crippen molar-refractivity contribution < 1.29 is 27.9 Å². The highest BCUT2D eigenvalue weighted by molar-refractivity contribution is 7.11. The van der Waals surface area contributed by atoms with E-state index < -0.39 is 23.1 Å². The molecule has 1 aliphatic heterocycles. The molecule has 4 rings (SSSR count). The summed E-state index contributed by atoms with van der Waals surface area (Å²) in [6.45, 7) is 3.37. The molecule has 1 saturated heterocycles. The van der Waals surface area contributed by atoms with Crippen molar-refractivity contribution in [2.75, 3.05) is 13.1 Å². The average Bonchev–Trinajstić information content (AvgIpc) is 3.54. The van der Waals surface area contributed by atoms with E-state index in [2.05, 4.69) is 11.9 Å². The summed E-state index contributed by atoms with van der Waals surface area (Å²) in [4.78, 5) is 32.2. The first-order chi connectivity index (χ1) is 17.1. The number of alkyl halides is 3. The molecule has 1 unspecified atom stereocenters. The van der Waals surface area contributed by atoms with Crippen LogP contribution in [-0.2, 0) is 23.0 Å². The summed E-state index contributed by atoms with van der Waals surface area (Å²) < 4.78 is 38.7. The molecule has 1 saturated carbocycles. The maximum Gasteiger partial charge on any atom is 0.416 e. The lowest BCUT2D eigenvalue weighted by atomic mass is 9.75. The molecular weight excluding hydrogens is 489 g/mol. The van der Waals surface area contributed by atoms with Gasteiger partial charge in [-0.15, -0.1) is 11.3 Å². The summed E-state index contributed by atoms with van der Waals surface area (Å²) in [7, 11) is 0. The quantitative estimate of drug-likeness (QED) is 0.432. The van der Waals surface area contributed by atoms with Gasteiger partial charge in [-0.2, -0.15) is 13.2 Å². The molecule has 196 valence electrons. The highest BCUT2D eigenvalue weighted by Gasteiger charge is 2.38. The second-order valence-corrected chi connectivity index (χ2v) is 11.3. The molecule has 1 atom stereocenters. The number of amides is 1. The van der Waals surface area contributed by atoms with Crippen molar-refractivity contribution in [2.45, 2.75) is 76.5 Å². The number of aryl methyl sites for hydroxylation is 1. The van der Waals surface area contributed by atoms with Crippen LogP contribution in [0.2, 0.25) is 0 Å². The van der Waals surface area contributed by atoms with Crippen LogP contribution in [0.25, 0.3) is 0 Å². The van der Waals surface area contributed by atoms with Crippen LogP contribution in [0.15, 0.2) is 30.5 Å². The molecule has 1 aromatic heterocycles. The van der Waals surface area contributed by atoms with Crippen LogP contribution in [0.5, 0.6) is 0 Å². The fourth-order valence-electron chi connectivity index (χ4n) is 5.44. The second kappa shape index (κ2) is 11.0. The number of aromatic nitrogens is 1. The van der Waals surface area contributed by atoms with Crippen molar-refractivity contribution in [2.24, 2.45) is 11.8 Å². The minimum absolute atomic E-state index is 0.00680. The predicted molar refractivity (Wildman–Crippen MR) is 132 cm³/mol. The number of aliphatic hydroxyl groups is 1. The fraction of sp³-hybridized carbons (Fsp3) is 0.593. The molecule has 1 aliphatic carbocycles. The average molecular weight is 523 g/mol. The summed E-state index contributed by atoms with van der Waals surface area (Å²) in [6.07, 6.45) is 3.40. The van der Waals surface area contributed by atoms with Crippen molar-refractivity contribution in [3.05, 3.63) is 51.5 Å². The zero-order chi connectivity index (χ0) is 25.9. The van der Waals surface area contributed by atoms with E-state index in [1.165, 1.54) is 12.1 Å². The molecule has 2 aliphatic rings. The second-order valence-electron chi connectivity index (χ2n) is 10.2. The summed E-state index contributed by atoms with van der Waals surface area (Å²) in [5.41, 5.74) is -1.65. The number of Topliss-reactive ketones (excluding diaryl/α,β-unsaturated/α-hetero) is 1. The Morgan fingerprint density at radius 3 is 2.58 bits per heavy atom. The minimum Gasteiger partial charge on any atom is -0.384 e. The normalized spacial score (nSPS) is 24.8. The van der Waals surface area contributed by atoms with Gasteiger partial charge in [0.1, 0.15) is 5.60 Å². The molecule has 0 spiro atoms. The van der Waals surface area contributed by atoms with Gasteiger partial charge in [0.15, 0.2) is 5.78 Å². The van der Waals surface area contributed by atoms with Crippen molar-refractivity contribution in [3.63, 3.8) is 0 Å². The van der Waals surface area contributed by atoms with Crippen LogP contribution < -0.4 is 0 Å². The van der Waals surface area contributed by atoms with Gasteiger partial charge in [-0.05, 0) is 68.9 Å². The highest BCUT2D eigenvalue weighted by atomic mass is 32.1. The van der Waals surface area contributed by atoms with Crippen molar-refractivity contribution in [1.29, 1.82) is 0 Å². The third-order valence-corrected chi connectivity index (χ3v) is 8.97. The van der Waals surface area contributed by atoms with Crippen LogP contribution in [0.3, 0.4) is 0 Å². The molecule has 2 heterocycles. The van der Waals surface area contributed by atoms with E-state index in [1.54, 1.807) is 16.2 Å². The van der Waals surface area contributed by atoms with Gasteiger partial charge in [0, 0.05) is 37.7 Å². The Bertz CT molecular complexity index is 1080. The third-order valence-electron chi connectivity index (χ3n) is 7.63. The zero-order valence-corrected chi connectivity index (χ0v) is 21.3. The van der Waals surface area contributed by atoms with E-state index in [1.807, 2.05) is 6.20 Å².